The maximum atomic E-state index is 13.1. The average molecular weight is 516 g/mol. The highest BCUT2D eigenvalue weighted by Gasteiger charge is 2.29. The first-order valence-electron chi connectivity index (χ1n) is 11.1. The van der Waals surface area contributed by atoms with Gasteiger partial charge in [-0.2, -0.15) is 0 Å². The topological polar surface area (TPSA) is 101 Å². The Hall–Kier alpha value is -3.24. The van der Waals surface area contributed by atoms with Crippen molar-refractivity contribution in [2.45, 2.75) is 24.7 Å². The second kappa shape index (κ2) is 11.5. The Labute approximate surface area is 212 Å². The molecule has 0 spiro atoms. The molecule has 0 radical (unpaired) electrons. The van der Waals surface area contributed by atoms with E-state index in [-0.39, 0.29) is 23.6 Å². The van der Waals surface area contributed by atoms with Crippen LogP contribution in [0.25, 0.3) is 0 Å². The molecule has 0 bridgehead atoms. The molecule has 2 amide bonds. The number of rotatable bonds is 8. The highest BCUT2D eigenvalue weighted by Crippen LogP contribution is 2.25. The number of aromatic nitrogens is 2. The van der Waals surface area contributed by atoms with Crippen LogP contribution in [-0.2, 0) is 11.3 Å². The van der Waals surface area contributed by atoms with Crippen LogP contribution in [-0.4, -0.2) is 65.2 Å². The molecule has 1 aliphatic rings. The number of halogens is 1. The molecule has 9 nitrogen and oxygen atoms in total. The van der Waals surface area contributed by atoms with Crippen LogP contribution in [0.15, 0.2) is 58.3 Å². The van der Waals surface area contributed by atoms with Gasteiger partial charge in [-0.05, 0) is 37.3 Å². The maximum Gasteiger partial charge on any atom is 0.254 e. The van der Waals surface area contributed by atoms with E-state index in [0.29, 0.717) is 59.4 Å². The molecule has 4 rings (SSSR count). The molecule has 3 aromatic rings. The molecule has 1 saturated heterocycles. The summed E-state index contributed by atoms with van der Waals surface area (Å²) >= 11 is 7.47. The summed E-state index contributed by atoms with van der Waals surface area (Å²) in [6.07, 6.45) is 1.56. The molecule has 1 unspecified atom stereocenters. The highest BCUT2D eigenvalue weighted by molar-refractivity contribution is 7.99. The van der Waals surface area contributed by atoms with Gasteiger partial charge in [-0.1, -0.05) is 29.4 Å². The normalized spacial score (nSPS) is 15.7. The van der Waals surface area contributed by atoms with Gasteiger partial charge in [0.1, 0.15) is 22.5 Å². The molecule has 184 valence electrons. The van der Waals surface area contributed by atoms with E-state index >= 15 is 0 Å². The van der Waals surface area contributed by atoms with Crippen molar-refractivity contribution in [3.63, 3.8) is 0 Å². The number of hydrogen-bond donors (Lipinski definition) is 1. The van der Waals surface area contributed by atoms with Gasteiger partial charge in [0.25, 0.3) is 5.91 Å². The van der Waals surface area contributed by atoms with Crippen LogP contribution >= 0.6 is 23.4 Å². The summed E-state index contributed by atoms with van der Waals surface area (Å²) in [5.41, 5.74) is 0.596. The molecule has 1 aliphatic heterocycles. The summed E-state index contributed by atoms with van der Waals surface area (Å²) in [6.45, 7) is 4.06. The summed E-state index contributed by atoms with van der Waals surface area (Å²) < 4.78 is 10.5. The number of carbonyl (C=O) groups excluding carboxylic acids is 2. The molecule has 2 aromatic heterocycles. The van der Waals surface area contributed by atoms with Gasteiger partial charge in [0.15, 0.2) is 5.16 Å². The van der Waals surface area contributed by atoms with Gasteiger partial charge < -0.3 is 24.3 Å². The van der Waals surface area contributed by atoms with Crippen LogP contribution in [0.3, 0.4) is 0 Å². The van der Waals surface area contributed by atoms with E-state index < -0.39 is 0 Å². The number of nitrogens with one attached hydrogen (secondary N) is 1. The zero-order valence-electron chi connectivity index (χ0n) is 19.4. The van der Waals surface area contributed by atoms with E-state index in [1.54, 1.807) is 43.7 Å². The predicted molar refractivity (Wildman–Crippen MR) is 134 cm³/mol. The zero-order valence-corrected chi connectivity index (χ0v) is 21.0. The minimum atomic E-state index is -0.158. The van der Waals surface area contributed by atoms with E-state index in [1.807, 2.05) is 24.0 Å². The van der Waals surface area contributed by atoms with E-state index in [2.05, 4.69) is 20.2 Å². The third kappa shape index (κ3) is 6.46. The lowest BCUT2D eigenvalue weighted by Crippen LogP contribution is -2.54. The number of nitrogens with zero attached hydrogens (tertiary/aromatic N) is 4. The maximum absolute atomic E-state index is 13.1. The number of thioether (sulfide) groups is 1. The first-order valence-corrected chi connectivity index (χ1v) is 12.5. The van der Waals surface area contributed by atoms with Crippen LogP contribution in [0.4, 0.5) is 5.82 Å². The molecule has 35 heavy (non-hydrogen) atoms. The molecule has 0 aliphatic carbocycles. The van der Waals surface area contributed by atoms with Crippen molar-refractivity contribution in [1.82, 2.24) is 20.2 Å². The molecule has 11 heteroatoms. The average Bonchev–Trinajstić information content (AvgIpc) is 3.39. The molecule has 1 N–H and O–H groups in total. The van der Waals surface area contributed by atoms with Crippen LogP contribution in [0.2, 0.25) is 5.15 Å². The largest absolute Gasteiger partial charge is 0.497 e. The third-order valence-electron chi connectivity index (χ3n) is 5.56. The molecule has 0 saturated carbocycles. The summed E-state index contributed by atoms with van der Waals surface area (Å²) in [7, 11) is 1.58. The van der Waals surface area contributed by atoms with Crippen LogP contribution < -0.4 is 15.0 Å². The van der Waals surface area contributed by atoms with Gasteiger partial charge in [0.05, 0.1) is 25.7 Å². The number of anilines is 1. The Morgan fingerprint density at radius 1 is 1.23 bits per heavy atom. The predicted octanol–water partition coefficient (Wildman–Crippen LogP) is 3.49. The molecule has 1 fully saturated rings. The summed E-state index contributed by atoms with van der Waals surface area (Å²) in [4.78, 5) is 38.0. The van der Waals surface area contributed by atoms with E-state index in [1.165, 1.54) is 11.8 Å². The fourth-order valence-corrected chi connectivity index (χ4v) is 4.69. The van der Waals surface area contributed by atoms with Gasteiger partial charge >= 0.3 is 0 Å². The molecular weight excluding hydrogens is 490 g/mol. The van der Waals surface area contributed by atoms with Crippen LogP contribution in [0, 0.1) is 0 Å². The zero-order chi connectivity index (χ0) is 24.8. The van der Waals surface area contributed by atoms with E-state index in [4.69, 9.17) is 20.8 Å². The lowest BCUT2D eigenvalue weighted by atomic mass is 10.1. The van der Waals surface area contributed by atoms with Crippen LogP contribution in [0.5, 0.6) is 5.75 Å². The quantitative estimate of drug-likeness (QED) is 0.276. The van der Waals surface area contributed by atoms with E-state index in [9.17, 15) is 9.59 Å². The van der Waals surface area contributed by atoms with Crippen LogP contribution in [0.1, 0.15) is 23.0 Å². The number of ether oxygens (including phenoxy) is 1. The summed E-state index contributed by atoms with van der Waals surface area (Å²) in [5, 5.41) is 3.51. The number of methoxy groups -OCH3 is 1. The first-order chi connectivity index (χ1) is 16.9. The smallest absolute Gasteiger partial charge is 0.254 e. The Morgan fingerprint density at radius 3 is 2.83 bits per heavy atom. The van der Waals surface area contributed by atoms with Crippen molar-refractivity contribution in [2.24, 2.45) is 0 Å². The first kappa shape index (κ1) is 24.9. The fourth-order valence-electron chi connectivity index (χ4n) is 3.78. The Kier molecular flexibility index (Phi) is 8.14. The molecule has 1 aromatic carbocycles. The third-order valence-corrected chi connectivity index (χ3v) is 6.60. The summed E-state index contributed by atoms with van der Waals surface area (Å²) in [5.74, 6) is 1.96. The lowest BCUT2D eigenvalue weighted by Gasteiger charge is -2.40. The summed E-state index contributed by atoms with van der Waals surface area (Å²) in [6, 6.07) is 12.4. The molecule has 3 heterocycles. The second-order valence-electron chi connectivity index (χ2n) is 8.00. The number of benzene rings is 1. The minimum Gasteiger partial charge on any atom is -0.497 e. The number of amides is 2. The number of furan rings is 1. The van der Waals surface area contributed by atoms with Gasteiger partial charge in [0, 0.05) is 37.3 Å². The standard InChI is InChI=1S/C24H26ClN5O4S/c1-16-14-29(8-9-30(16)23(32)17-5-3-6-18(11-17)33-2)21-12-20(25)27-24(28-21)35-15-22(31)26-13-19-7-4-10-34-19/h3-7,10-12,16H,8-9,13-15H2,1-2H3,(H,26,31). The van der Waals surface area contributed by atoms with Crippen molar-refractivity contribution in [2.75, 3.05) is 37.4 Å². The van der Waals surface area contributed by atoms with Gasteiger partial charge in [-0.15, -0.1) is 0 Å². The van der Waals surface area contributed by atoms with Crippen molar-refractivity contribution >= 4 is 41.0 Å². The second-order valence-corrected chi connectivity index (χ2v) is 9.33. The Bertz CT molecular complexity index is 1180. The fraction of sp³-hybridized carbons (Fsp3) is 0.333. The van der Waals surface area contributed by atoms with Crippen molar-refractivity contribution < 1.29 is 18.7 Å². The number of piperazine rings is 1. The Morgan fingerprint density at radius 2 is 2.09 bits per heavy atom. The number of hydrogen-bond acceptors (Lipinski definition) is 8. The van der Waals surface area contributed by atoms with Crippen molar-refractivity contribution in [3.8, 4) is 5.75 Å². The molecular formula is C24H26ClN5O4S. The van der Waals surface area contributed by atoms with Gasteiger partial charge in [-0.3, -0.25) is 9.59 Å². The lowest BCUT2D eigenvalue weighted by molar-refractivity contribution is -0.118. The number of carbonyl (C=O) groups is 2. The monoisotopic (exact) mass is 515 g/mol. The van der Waals surface area contributed by atoms with Gasteiger partial charge in [-0.25, -0.2) is 9.97 Å². The molecule has 1 atom stereocenters. The SMILES string of the molecule is COc1cccc(C(=O)N2CCN(c3cc(Cl)nc(SCC(=O)NCc4ccco4)n3)CC2C)c1. The van der Waals surface area contributed by atoms with Crippen molar-refractivity contribution in [3.05, 3.63) is 65.2 Å². The Balaban J connectivity index is 1.35. The van der Waals surface area contributed by atoms with Crippen molar-refractivity contribution in [1.29, 1.82) is 0 Å². The highest BCUT2D eigenvalue weighted by atomic mass is 35.5. The minimum absolute atomic E-state index is 0.0337. The van der Waals surface area contributed by atoms with Gasteiger partial charge in [0.2, 0.25) is 5.91 Å². The van der Waals surface area contributed by atoms with E-state index in [0.717, 1.165) is 0 Å².